The highest BCUT2D eigenvalue weighted by molar-refractivity contribution is 6.30. The van der Waals surface area contributed by atoms with Crippen LogP contribution in [-0.2, 0) is 0 Å². The molecule has 31 heavy (non-hydrogen) atoms. The van der Waals surface area contributed by atoms with Crippen LogP contribution < -0.4 is 9.47 Å². The molecule has 0 atom stereocenters. The van der Waals surface area contributed by atoms with Gasteiger partial charge in [0.25, 0.3) is 5.69 Å². The first-order valence-corrected chi connectivity index (χ1v) is 9.75. The van der Waals surface area contributed by atoms with Crippen molar-refractivity contribution in [1.82, 2.24) is 0 Å². The van der Waals surface area contributed by atoms with Crippen molar-refractivity contribution < 1.29 is 18.8 Å². The van der Waals surface area contributed by atoms with Gasteiger partial charge in [-0.3, -0.25) is 10.1 Å². The number of nitrogens with zero attached hydrogens (tertiary/aromatic N) is 1. The summed E-state index contributed by atoms with van der Waals surface area (Å²) < 4.78 is 17.5. The zero-order valence-corrected chi connectivity index (χ0v) is 16.7. The fourth-order valence-electron chi connectivity index (χ4n) is 3.35. The number of para-hydroxylation sites is 1. The monoisotopic (exact) mass is 431 g/mol. The predicted octanol–water partition coefficient (Wildman–Crippen LogP) is 7.73. The molecule has 152 valence electrons. The van der Waals surface area contributed by atoms with Crippen LogP contribution in [0.5, 0.6) is 23.0 Å². The van der Waals surface area contributed by atoms with Crippen molar-refractivity contribution in [2.24, 2.45) is 0 Å². The molecule has 0 unspecified atom stereocenters. The van der Waals surface area contributed by atoms with Gasteiger partial charge in [0, 0.05) is 21.9 Å². The minimum Gasteiger partial charge on any atom is -0.457 e. The van der Waals surface area contributed by atoms with E-state index in [0.717, 1.165) is 21.9 Å². The molecule has 0 saturated heterocycles. The summed E-state index contributed by atoms with van der Waals surface area (Å²) in [5, 5.41) is 13.8. The topological polar surface area (TPSA) is 74.7 Å². The predicted molar refractivity (Wildman–Crippen MR) is 118 cm³/mol. The lowest BCUT2D eigenvalue weighted by atomic mass is 10.1. The third-order valence-electron chi connectivity index (χ3n) is 4.69. The van der Waals surface area contributed by atoms with Gasteiger partial charge < -0.3 is 13.9 Å². The molecule has 0 amide bonds. The van der Waals surface area contributed by atoms with E-state index in [0.29, 0.717) is 16.5 Å². The average Bonchev–Trinajstić information content (AvgIpc) is 3.12. The van der Waals surface area contributed by atoms with Gasteiger partial charge in [-0.2, -0.15) is 0 Å². The molecule has 0 spiro atoms. The maximum Gasteiger partial charge on any atom is 0.276 e. The number of furan rings is 1. The summed E-state index contributed by atoms with van der Waals surface area (Å²) >= 11 is 5.99. The lowest BCUT2D eigenvalue weighted by Gasteiger charge is -2.10. The molecule has 1 heterocycles. The molecular weight excluding hydrogens is 418 g/mol. The Labute approximate surface area is 181 Å². The van der Waals surface area contributed by atoms with Gasteiger partial charge in [-0.25, -0.2) is 0 Å². The molecule has 0 N–H and O–H groups in total. The summed E-state index contributed by atoms with van der Waals surface area (Å²) in [7, 11) is 0. The summed E-state index contributed by atoms with van der Waals surface area (Å²) in [6.45, 7) is 0. The second-order valence-electron chi connectivity index (χ2n) is 6.84. The number of hydrogen-bond acceptors (Lipinski definition) is 5. The Morgan fingerprint density at radius 1 is 0.710 bits per heavy atom. The summed E-state index contributed by atoms with van der Waals surface area (Å²) in [6, 6.07) is 24.2. The van der Waals surface area contributed by atoms with Gasteiger partial charge in [0.05, 0.1) is 17.1 Å². The molecule has 1 aromatic heterocycles. The van der Waals surface area contributed by atoms with Crippen LogP contribution in [0.1, 0.15) is 0 Å². The Morgan fingerprint density at radius 3 is 2.16 bits per heavy atom. The Morgan fingerprint density at radius 2 is 1.42 bits per heavy atom. The second-order valence-corrected chi connectivity index (χ2v) is 7.27. The van der Waals surface area contributed by atoms with Crippen molar-refractivity contribution in [1.29, 1.82) is 0 Å². The van der Waals surface area contributed by atoms with E-state index >= 15 is 0 Å². The Bertz CT molecular complexity index is 1440. The fourth-order valence-corrected chi connectivity index (χ4v) is 3.53. The van der Waals surface area contributed by atoms with E-state index in [9.17, 15) is 10.1 Å². The largest absolute Gasteiger partial charge is 0.457 e. The van der Waals surface area contributed by atoms with Gasteiger partial charge in [0.15, 0.2) is 0 Å². The van der Waals surface area contributed by atoms with Gasteiger partial charge in [0.2, 0.25) is 0 Å². The van der Waals surface area contributed by atoms with Crippen molar-refractivity contribution in [3.05, 3.63) is 100 Å². The number of nitro groups is 1. The summed E-state index contributed by atoms with van der Waals surface area (Å²) in [5.41, 5.74) is 1.36. The van der Waals surface area contributed by atoms with Gasteiger partial charge in [-0.05, 0) is 42.5 Å². The van der Waals surface area contributed by atoms with Crippen LogP contribution in [0.25, 0.3) is 21.9 Å². The standard InChI is InChI=1S/C24H14ClNO5/c25-15-4-3-5-17(10-15)29-19-11-16(26(27)28)12-20(13-19)30-18-8-9-24-22(14-18)21-6-1-2-7-23(21)31-24/h1-14H. The molecule has 0 aliphatic carbocycles. The summed E-state index contributed by atoms with van der Waals surface area (Å²) in [6.07, 6.45) is 0. The molecule has 0 aliphatic rings. The Hall–Kier alpha value is -4.03. The SMILES string of the molecule is O=[N+]([O-])c1cc(Oc2cccc(Cl)c2)cc(Oc2ccc3oc4ccccc4c3c2)c1. The molecule has 0 fully saturated rings. The number of benzene rings is 4. The molecule has 5 rings (SSSR count). The van der Waals surface area contributed by atoms with E-state index < -0.39 is 4.92 Å². The molecule has 7 heteroatoms. The lowest BCUT2D eigenvalue weighted by Crippen LogP contribution is -1.93. The van der Waals surface area contributed by atoms with Crippen LogP contribution in [0, 0.1) is 10.1 Å². The van der Waals surface area contributed by atoms with Crippen LogP contribution >= 0.6 is 11.6 Å². The number of ether oxygens (including phenoxy) is 2. The number of halogens is 1. The summed E-state index contributed by atoms with van der Waals surface area (Å²) in [5.74, 6) is 1.53. The normalized spacial score (nSPS) is 11.0. The van der Waals surface area contributed by atoms with E-state index in [1.807, 2.05) is 36.4 Å². The highest BCUT2D eigenvalue weighted by Gasteiger charge is 2.14. The van der Waals surface area contributed by atoms with Crippen LogP contribution in [-0.4, -0.2) is 4.92 Å². The van der Waals surface area contributed by atoms with E-state index in [1.54, 1.807) is 36.4 Å². The van der Waals surface area contributed by atoms with E-state index in [-0.39, 0.29) is 17.2 Å². The first-order chi connectivity index (χ1) is 15.0. The number of rotatable bonds is 5. The Balaban J connectivity index is 1.51. The van der Waals surface area contributed by atoms with E-state index in [2.05, 4.69) is 0 Å². The molecule has 0 saturated carbocycles. The van der Waals surface area contributed by atoms with Crippen LogP contribution in [0.15, 0.2) is 89.3 Å². The minimum atomic E-state index is -0.496. The van der Waals surface area contributed by atoms with Crippen LogP contribution in [0.3, 0.4) is 0 Å². The molecule has 0 radical (unpaired) electrons. The highest BCUT2D eigenvalue weighted by Crippen LogP contribution is 2.36. The second kappa shape index (κ2) is 7.66. The van der Waals surface area contributed by atoms with Crippen molar-refractivity contribution in [3.63, 3.8) is 0 Å². The molecule has 0 aliphatic heterocycles. The van der Waals surface area contributed by atoms with Gasteiger partial charge in [0.1, 0.15) is 34.2 Å². The number of non-ortho nitro benzene ring substituents is 1. The van der Waals surface area contributed by atoms with Crippen molar-refractivity contribution in [2.45, 2.75) is 0 Å². The first kappa shape index (κ1) is 19.0. The van der Waals surface area contributed by atoms with Gasteiger partial charge >= 0.3 is 0 Å². The number of nitro benzene ring substituents is 1. The number of hydrogen-bond donors (Lipinski definition) is 0. The van der Waals surface area contributed by atoms with Gasteiger partial charge in [-0.15, -0.1) is 0 Å². The molecule has 6 nitrogen and oxygen atoms in total. The van der Waals surface area contributed by atoms with E-state index in [4.69, 9.17) is 25.5 Å². The molecule has 5 aromatic rings. The third kappa shape index (κ3) is 3.89. The van der Waals surface area contributed by atoms with Crippen molar-refractivity contribution in [3.8, 4) is 23.0 Å². The van der Waals surface area contributed by atoms with Crippen LogP contribution in [0.2, 0.25) is 5.02 Å². The zero-order valence-electron chi connectivity index (χ0n) is 15.9. The minimum absolute atomic E-state index is 0.149. The highest BCUT2D eigenvalue weighted by atomic mass is 35.5. The first-order valence-electron chi connectivity index (χ1n) is 9.37. The van der Waals surface area contributed by atoms with E-state index in [1.165, 1.54) is 12.1 Å². The van der Waals surface area contributed by atoms with Crippen LogP contribution in [0.4, 0.5) is 5.69 Å². The summed E-state index contributed by atoms with van der Waals surface area (Å²) in [4.78, 5) is 10.9. The molecular formula is C24H14ClNO5. The maximum absolute atomic E-state index is 11.4. The number of fused-ring (bicyclic) bond motifs is 3. The van der Waals surface area contributed by atoms with Gasteiger partial charge in [-0.1, -0.05) is 35.9 Å². The Kier molecular flexibility index (Phi) is 4.69. The smallest absolute Gasteiger partial charge is 0.276 e. The van der Waals surface area contributed by atoms with Crippen molar-refractivity contribution in [2.75, 3.05) is 0 Å². The fraction of sp³-hybridized carbons (Fsp3) is 0. The van der Waals surface area contributed by atoms with Crippen molar-refractivity contribution >= 4 is 39.2 Å². The molecule has 4 aromatic carbocycles. The average molecular weight is 432 g/mol. The third-order valence-corrected chi connectivity index (χ3v) is 4.93. The lowest BCUT2D eigenvalue weighted by molar-refractivity contribution is -0.385. The quantitative estimate of drug-likeness (QED) is 0.210. The maximum atomic E-state index is 11.4. The zero-order chi connectivity index (χ0) is 21.4. The molecule has 0 bridgehead atoms.